The maximum Gasteiger partial charge on any atom is 0.0725 e. The summed E-state index contributed by atoms with van der Waals surface area (Å²) in [6.45, 7) is 5.30. The van der Waals surface area contributed by atoms with Crippen molar-refractivity contribution < 1.29 is 4.74 Å². The molecular formula is C13H17NO. The fourth-order valence-corrected chi connectivity index (χ4v) is 2.00. The average molecular weight is 203 g/mol. The van der Waals surface area contributed by atoms with E-state index in [4.69, 9.17) is 4.74 Å². The standard InChI is InChI=1S/C13H17NO/c1-3-4-13(14-2)10-5-6-11-8-15-9-12(11)7-10/h3,5-7,13-14H,1,4,8-9H2,2H3. The summed E-state index contributed by atoms with van der Waals surface area (Å²) in [5.41, 5.74) is 3.98. The summed E-state index contributed by atoms with van der Waals surface area (Å²) in [5.74, 6) is 0. The third kappa shape index (κ3) is 2.11. The second-order valence-electron chi connectivity index (χ2n) is 3.89. The predicted octanol–water partition coefficient (Wildman–Crippen LogP) is 2.55. The van der Waals surface area contributed by atoms with Gasteiger partial charge in [-0.2, -0.15) is 0 Å². The molecule has 2 heteroatoms. The number of benzene rings is 1. The second kappa shape index (κ2) is 4.60. The van der Waals surface area contributed by atoms with Gasteiger partial charge < -0.3 is 10.1 Å². The Morgan fingerprint density at radius 3 is 3.00 bits per heavy atom. The maximum absolute atomic E-state index is 5.40. The number of nitrogens with one attached hydrogen (secondary N) is 1. The van der Waals surface area contributed by atoms with E-state index in [-0.39, 0.29) is 0 Å². The van der Waals surface area contributed by atoms with Crippen LogP contribution in [0.4, 0.5) is 0 Å². The van der Waals surface area contributed by atoms with Crippen LogP contribution in [0.15, 0.2) is 30.9 Å². The highest BCUT2D eigenvalue weighted by molar-refractivity contribution is 5.34. The van der Waals surface area contributed by atoms with Crippen LogP contribution in [0.25, 0.3) is 0 Å². The average Bonchev–Trinajstić information content (AvgIpc) is 2.72. The zero-order valence-electron chi connectivity index (χ0n) is 9.12. The monoisotopic (exact) mass is 203 g/mol. The zero-order chi connectivity index (χ0) is 10.7. The SMILES string of the molecule is C=CCC(NC)c1ccc2c(c1)COC2. The molecule has 0 fully saturated rings. The van der Waals surface area contributed by atoms with Gasteiger partial charge in [-0.15, -0.1) is 6.58 Å². The topological polar surface area (TPSA) is 21.3 Å². The smallest absolute Gasteiger partial charge is 0.0725 e. The lowest BCUT2D eigenvalue weighted by atomic mass is 9.99. The van der Waals surface area contributed by atoms with Gasteiger partial charge in [-0.1, -0.05) is 24.3 Å². The minimum Gasteiger partial charge on any atom is -0.372 e. The molecule has 2 nitrogen and oxygen atoms in total. The van der Waals surface area contributed by atoms with Crippen LogP contribution in [0.2, 0.25) is 0 Å². The van der Waals surface area contributed by atoms with E-state index in [1.807, 2.05) is 13.1 Å². The van der Waals surface area contributed by atoms with E-state index >= 15 is 0 Å². The zero-order valence-corrected chi connectivity index (χ0v) is 9.12. The summed E-state index contributed by atoms with van der Waals surface area (Å²) >= 11 is 0. The number of fused-ring (bicyclic) bond motifs is 1. The molecule has 2 rings (SSSR count). The molecule has 80 valence electrons. The van der Waals surface area contributed by atoms with Crippen molar-refractivity contribution in [3.8, 4) is 0 Å². The summed E-state index contributed by atoms with van der Waals surface area (Å²) in [7, 11) is 1.98. The Kier molecular flexibility index (Phi) is 3.19. The molecule has 1 heterocycles. The number of rotatable bonds is 4. The van der Waals surface area contributed by atoms with Gasteiger partial charge in [-0.3, -0.25) is 0 Å². The van der Waals surface area contributed by atoms with Crippen LogP contribution in [-0.4, -0.2) is 7.05 Å². The van der Waals surface area contributed by atoms with Gasteiger partial charge in [0.2, 0.25) is 0 Å². The molecule has 0 aromatic heterocycles. The first-order chi connectivity index (χ1) is 7.35. The van der Waals surface area contributed by atoms with Crippen LogP contribution in [0.1, 0.15) is 29.2 Å². The van der Waals surface area contributed by atoms with Crippen LogP contribution in [0.5, 0.6) is 0 Å². The Hall–Kier alpha value is -1.12. The Labute approximate surface area is 91.0 Å². The first kappa shape index (κ1) is 10.4. The molecule has 0 amide bonds. The molecule has 1 aromatic carbocycles. The van der Waals surface area contributed by atoms with Crippen LogP contribution in [0, 0.1) is 0 Å². The Morgan fingerprint density at radius 2 is 2.27 bits per heavy atom. The van der Waals surface area contributed by atoms with Crippen molar-refractivity contribution in [2.75, 3.05) is 7.05 Å². The molecular weight excluding hydrogens is 186 g/mol. The fourth-order valence-electron chi connectivity index (χ4n) is 2.00. The minimum absolute atomic E-state index is 0.369. The lowest BCUT2D eigenvalue weighted by Crippen LogP contribution is -2.15. The van der Waals surface area contributed by atoms with Gasteiger partial charge in [0.25, 0.3) is 0 Å². The van der Waals surface area contributed by atoms with E-state index in [1.54, 1.807) is 0 Å². The summed E-state index contributed by atoms with van der Waals surface area (Å²) in [6, 6.07) is 6.96. The largest absolute Gasteiger partial charge is 0.372 e. The third-order valence-corrected chi connectivity index (χ3v) is 2.90. The quantitative estimate of drug-likeness (QED) is 0.759. The molecule has 1 N–H and O–H groups in total. The van der Waals surface area contributed by atoms with E-state index in [0.717, 1.165) is 19.6 Å². The molecule has 1 aliphatic heterocycles. The summed E-state index contributed by atoms with van der Waals surface area (Å²) in [6.07, 6.45) is 2.90. The Balaban J connectivity index is 2.24. The molecule has 0 saturated heterocycles. The van der Waals surface area contributed by atoms with E-state index in [0.29, 0.717) is 6.04 Å². The predicted molar refractivity (Wildman–Crippen MR) is 61.5 cm³/mol. The number of hydrogen-bond donors (Lipinski definition) is 1. The van der Waals surface area contributed by atoms with Crippen molar-refractivity contribution >= 4 is 0 Å². The van der Waals surface area contributed by atoms with Gasteiger partial charge in [0.1, 0.15) is 0 Å². The summed E-state index contributed by atoms with van der Waals surface area (Å²) in [4.78, 5) is 0. The summed E-state index contributed by atoms with van der Waals surface area (Å²) < 4.78 is 5.40. The van der Waals surface area contributed by atoms with Crippen LogP contribution < -0.4 is 5.32 Å². The van der Waals surface area contributed by atoms with Crippen molar-refractivity contribution in [2.45, 2.75) is 25.7 Å². The lowest BCUT2D eigenvalue weighted by molar-refractivity contribution is 0.134. The Bertz CT molecular complexity index is 360. The first-order valence-electron chi connectivity index (χ1n) is 5.32. The van der Waals surface area contributed by atoms with Crippen molar-refractivity contribution in [3.63, 3.8) is 0 Å². The molecule has 1 aromatic rings. The molecule has 1 unspecified atom stereocenters. The van der Waals surface area contributed by atoms with Crippen molar-refractivity contribution in [1.82, 2.24) is 5.32 Å². The van der Waals surface area contributed by atoms with E-state index in [1.165, 1.54) is 16.7 Å². The molecule has 15 heavy (non-hydrogen) atoms. The second-order valence-corrected chi connectivity index (χ2v) is 3.89. The lowest BCUT2D eigenvalue weighted by Gasteiger charge is -2.15. The molecule has 0 aliphatic carbocycles. The highest BCUT2D eigenvalue weighted by Crippen LogP contribution is 2.25. The highest BCUT2D eigenvalue weighted by atomic mass is 16.5. The number of hydrogen-bond acceptors (Lipinski definition) is 2. The van der Waals surface area contributed by atoms with E-state index < -0.39 is 0 Å². The van der Waals surface area contributed by atoms with Crippen molar-refractivity contribution in [3.05, 3.63) is 47.5 Å². The highest BCUT2D eigenvalue weighted by Gasteiger charge is 2.14. The van der Waals surface area contributed by atoms with E-state index in [2.05, 4.69) is 30.1 Å². The summed E-state index contributed by atoms with van der Waals surface area (Å²) in [5, 5.41) is 3.30. The van der Waals surface area contributed by atoms with Gasteiger partial charge in [0, 0.05) is 6.04 Å². The molecule has 0 bridgehead atoms. The fraction of sp³-hybridized carbons (Fsp3) is 0.385. The van der Waals surface area contributed by atoms with Gasteiger partial charge >= 0.3 is 0 Å². The maximum atomic E-state index is 5.40. The van der Waals surface area contributed by atoms with Crippen LogP contribution in [-0.2, 0) is 18.0 Å². The number of ether oxygens (including phenoxy) is 1. The molecule has 0 spiro atoms. The minimum atomic E-state index is 0.369. The molecule has 0 saturated carbocycles. The third-order valence-electron chi connectivity index (χ3n) is 2.90. The van der Waals surface area contributed by atoms with Crippen molar-refractivity contribution in [2.24, 2.45) is 0 Å². The van der Waals surface area contributed by atoms with Gasteiger partial charge in [0.05, 0.1) is 13.2 Å². The van der Waals surface area contributed by atoms with E-state index in [9.17, 15) is 0 Å². The molecule has 1 atom stereocenters. The van der Waals surface area contributed by atoms with Crippen LogP contribution in [0.3, 0.4) is 0 Å². The Morgan fingerprint density at radius 1 is 1.47 bits per heavy atom. The van der Waals surface area contributed by atoms with Gasteiger partial charge in [-0.25, -0.2) is 0 Å². The normalized spacial score (nSPS) is 16.1. The molecule has 1 aliphatic rings. The molecule has 0 radical (unpaired) electrons. The van der Waals surface area contributed by atoms with Crippen molar-refractivity contribution in [1.29, 1.82) is 0 Å². The first-order valence-corrected chi connectivity index (χ1v) is 5.32. The van der Waals surface area contributed by atoms with Gasteiger partial charge in [-0.05, 0) is 30.2 Å². The van der Waals surface area contributed by atoms with Gasteiger partial charge in [0.15, 0.2) is 0 Å². The van der Waals surface area contributed by atoms with Crippen LogP contribution >= 0.6 is 0 Å².